The molecule has 1 aromatic carbocycles. The first kappa shape index (κ1) is 16.8. The maximum atomic E-state index is 6.70. The highest BCUT2D eigenvalue weighted by Crippen LogP contribution is 2.74. The summed E-state index contributed by atoms with van der Waals surface area (Å²) < 4.78 is 14.4. The van der Waals surface area contributed by atoms with Crippen LogP contribution in [0.15, 0.2) is 28.7 Å². The van der Waals surface area contributed by atoms with Gasteiger partial charge in [0.25, 0.3) is 0 Å². The number of halogens is 1. The first-order valence-corrected chi connectivity index (χ1v) is 10.7. The van der Waals surface area contributed by atoms with Crippen LogP contribution in [0.25, 0.3) is 0 Å². The van der Waals surface area contributed by atoms with Gasteiger partial charge < -0.3 is 9.31 Å². The van der Waals surface area contributed by atoms with Crippen molar-refractivity contribution in [3.8, 4) is 0 Å². The summed E-state index contributed by atoms with van der Waals surface area (Å²) in [6.45, 7) is 9.84. The van der Waals surface area contributed by atoms with Crippen LogP contribution in [-0.4, -0.2) is 18.8 Å². The molecule has 4 fully saturated rings. The van der Waals surface area contributed by atoms with Crippen LogP contribution in [-0.2, 0) is 9.31 Å². The minimum absolute atomic E-state index is 0.156. The standard InChI is InChI=1S/C21H28BBrO2/c1-13-5-10-16-19(2,3)17-11-21(13,16)12-18-20(17,4)25-22(24-18)14-6-8-15(23)9-7-14/h6-9,13,16-18H,5,10-12H2,1-4H3/t13-,16-,17-,18+,20-,21-/m1/s1. The van der Waals surface area contributed by atoms with Gasteiger partial charge in [0.1, 0.15) is 0 Å². The average Bonchev–Trinajstić information content (AvgIpc) is 3.13. The average molecular weight is 403 g/mol. The van der Waals surface area contributed by atoms with Gasteiger partial charge >= 0.3 is 7.12 Å². The molecule has 1 aliphatic heterocycles. The summed E-state index contributed by atoms with van der Waals surface area (Å²) in [5, 5.41) is 0. The summed E-state index contributed by atoms with van der Waals surface area (Å²) in [6, 6.07) is 8.41. The van der Waals surface area contributed by atoms with E-state index in [-0.39, 0.29) is 18.8 Å². The Morgan fingerprint density at radius 1 is 1.04 bits per heavy atom. The molecule has 5 rings (SSSR count). The summed E-state index contributed by atoms with van der Waals surface area (Å²) in [5.74, 6) is 2.24. The smallest absolute Gasteiger partial charge is 0.401 e. The van der Waals surface area contributed by atoms with E-state index in [0.29, 0.717) is 16.7 Å². The molecule has 25 heavy (non-hydrogen) atoms. The summed E-state index contributed by atoms with van der Waals surface area (Å²) in [6.07, 6.45) is 5.52. The molecule has 1 spiro atoms. The quantitative estimate of drug-likeness (QED) is 0.628. The molecule has 0 amide bonds. The fraction of sp³-hybridized carbons (Fsp3) is 0.714. The number of benzene rings is 1. The Morgan fingerprint density at radius 3 is 2.48 bits per heavy atom. The van der Waals surface area contributed by atoms with E-state index in [1.807, 2.05) is 0 Å². The Labute approximate surface area is 160 Å². The number of rotatable bonds is 1. The first-order valence-electron chi connectivity index (χ1n) is 9.86. The van der Waals surface area contributed by atoms with Crippen molar-refractivity contribution in [2.24, 2.45) is 28.6 Å². The summed E-state index contributed by atoms with van der Waals surface area (Å²) in [5.41, 5.74) is 1.81. The summed E-state index contributed by atoms with van der Waals surface area (Å²) >= 11 is 3.52. The second-order valence-corrected chi connectivity index (χ2v) is 10.8. The Kier molecular flexibility index (Phi) is 3.46. The van der Waals surface area contributed by atoms with Gasteiger partial charge in [0.2, 0.25) is 0 Å². The topological polar surface area (TPSA) is 18.5 Å². The Morgan fingerprint density at radius 2 is 1.76 bits per heavy atom. The van der Waals surface area contributed by atoms with Crippen LogP contribution in [0.2, 0.25) is 0 Å². The first-order chi connectivity index (χ1) is 11.8. The highest BCUT2D eigenvalue weighted by molar-refractivity contribution is 9.10. The molecule has 2 bridgehead atoms. The predicted molar refractivity (Wildman–Crippen MR) is 105 cm³/mol. The second-order valence-electron chi connectivity index (χ2n) is 9.86. The van der Waals surface area contributed by atoms with Gasteiger partial charge in [-0.2, -0.15) is 0 Å². The number of hydrogen-bond donors (Lipinski definition) is 0. The fourth-order valence-corrected chi connectivity index (χ4v) is 7.60. The number of fused-ring (bicyclic) bond motifs is 3. The Balaban J connectivity index is 1.52. The Bertz CT molecular complexity index is 704. The van der Waals surface area contributed by atoms with Crippen LogP contribution in [0.4, 0.5) is 0 Å². The van der Waals surface area contributed by atoms with Crippen molar-refractivity contribution >= 4 is 28.5 Å². The lowest BCUT2D eigenvalue weighted by Gasteiger charge is -2.48. The highest BCUT2D eigenvalue weighted by atomic mass is 79.9. The Hall–Kier alpha value is -0.315. The summed E-state index contributed by atoms with van der Waals surface area (Å²) in [7, 11) is -0.218. The van der Waals surface area contributed by atoms with E-state index in [0.717, 1.165) is 21.8 Å². The van der Waals surface area contributed by atoms with Crippen LogP contribution in [0.3, 0.4) is 0 Å². The zero-order chi connectivity index (χ0) is 17.6. The van der Waals surface area contributed by atoms with Gasteiger partial charge in [-0.05, 0) is 78.8 Å². The molecule has 0 unspecified atom stereocenters. The molecule has 2 nitrogen and oxygen atoms in total. The molecule has 3 saturated carbocycles. The third-order valence-corrected chi connectivity index (χ3v) is 9.16. The normalized spacial score (nSPS) is 47.0. The molecular weight excluding hydrogens is 375 g/mol. The van der Waals surface area contributed by atoms with Crippen LogP contribution in [0.1, 0.15) is 53.4 Å². The maximum Gasteiger partial charge on any atom is 0.494 e. The molecule has 1 aromatic rings. The van der Waals surface area contributed by atoms with Gasteiger partial charge in [0, 0.05) is 4.47 Å². The lowest BCUT2D eigenvalue weighted by atomic mass is 9.63. The van der Waals surface area contributed by atoms with Crippen molar-refractivity contribution in [2.75, 3.05) is 0 Å². The largest absolute Gasteiger partial charge is 0.494 e. The van der Waals surface area contributed by atoms with Crippen molar-refractivity contribution in [3.63, 3.8) is 0 Å². The maximum absolute atomic E-state index is 6.70. The predicted octanol–water partition coefficient (Wildman–Crippen LogP) is 4.80. The van der Waals surface area contributed by atoms with Crippen molar-refractivity contribution in [1.29, 1.82) is 0 Å². The molecule has 1 heterocycles. The monoisotopic (exact) mass is 402 g/mol. The van der Waals surface area contributed by atoms with E-state index < -0.39 is 0 Å². The van der Waals surface area contributed by atoms with E-state index >= 15 is 0 Å². The zero-order valence-electron chi connectivity index (χ0n) is 15.7. The molecule has 4 aliphatic rings. The van der Waals surface area contributed by atoms with Crippen LogP contribution >= 0.6 is 15.9 Å². The number of hydrogen-bond acceptors (Lipinski definition) is 2. The van der Waals surface area contributed by atoms with E-state index in [4.69, 9.17) is 9.31 Å². The van der Waals surface area contributed by atoms with Crippen molar-refractivity contribution in [3.05, 3.63) is 28.7 Å². The molecule has 1 saturated heterocycles. The van der Waals surface area contributed by atoms with E-state index in [1.54, 1.807) is 0 Å². The second kappa shape index (κ2) is 5.14. The van der Waals surface area contributed by atoms with Crippen LogP contribution in [0.5, 0.6) is 0 Å². The van der Waals surface area contributed by atoms with Crippen LogP contribution in [0, 0.1) is 28.6 Å². The van der Waals surface area contributed by atoms with E-state index in [9.17, 15) is 0 Å². The van der Waals surface area contributed by atoms with Gasteiger partial charge in [-0.1, -0.05) is 48.8 Å². The molecule has 0 aromatic heterocycles. The van der Waals surface area contributed by atoms with Gasteiger partial charge in [-0.25, -0.2) is 0 Å². The fourth-order valence-electron chi connectivity index (χ4n) is 7.33. The molecule has 0 N–H and O–H groups in total. The van der Waals surface area contributed by atoms with Gasteiger partial charge in [0.15, 0.2) is 0 Å². The minimum atomic E-state index is -0.218. The highest BCUT2D eigenvalue weighted by Gasteiger charge is 2.73. The lowest BCUT2D eigenvalue weighted by molar-refractivity contribution is -0.0767. The molecule has 4 heteroatoms. The molecular formula is C21H28BBrO2. The van der Waals surface area contributed by atoms with Crippen molar-refractivity contribution < 1.29 is 9.31 Å². The van der Waals surface area contributed by atoms with Crippen molar-refractivity contribution in [2.45, 2.75) is 65.1 Å². The minimum Gasteiger partial charge on any atom is -0.401 e. The van der Waals surface area contributed by atoms with Gasteiger partial charge in [0.05, 0.1) is 11.7 Å². The third kappa shape index (κ3) is 2.05. The SMILES string of the molecule is C[C@@H]1CC[C@@H]2C(C)(C)[C@H]3C[C@@]12C[C@@H]1OB(c2ccc(Br)cc2)O[C@@]13C. The van der Waals surface area contributed by atoms with E-state index in [1.165, 1.54) is 25.7 Å². The zero-order valence-corrected chi connectivity index (χ0v) is 17.3. The lowest BCUT2D eigenvalue weighted by Crippen LogP contribution is -2.52. The van der Waals surface area contributed by atoms with Gasteiger partial charge in [-0.3, -0.25) is 0 Å². The molecule has 6 atom stereocenters. The molecule has 0 radical (unpaired) electrons. The third-order valence-electron chi connectivity index (χ3n) is 8.63. The van der Waals surface area contributed by atoms with Gasteiger partial charge in [-0.15, -0.1) is 0 Å². The van der Waals surface area contributed by atoms with Crippen LogP contribution < -0.4 is 5.46 Å². The van der Waals surface area contributed by atoms with E-state index in [2.05, 4.69) is 67.9 Å². The summed E-state index contributed by atoms with van der Waals surface area (Å²) in [4.78, 5) is 0. The van der Waals surface area contributed by atoms with Crippen molar-refractivity contribution in [1.82, 2.24) is 0 Å². The molecule has 3 aliphatic carbocycles. The molecule has 134 valence electrons.